The van der Waals surface area contributed by atoms with Gasteiger partial charge in [-0.15, -0.1) is 0 Å². The molecule has 0 aromatic heterocycles. The second-order valence-corrected chi connectivity index (χ2v) is 7.47. The highest BCUT2D eigenvalue weighted by Crippen LogP contribution is 2.36. The Morgan fingerprint density at radius 1 is 1.29 bits per heavy atom. The van der Waals surface area contributed by atoms with E-state index in [0.717, 1.165) is 25.9 Å². The lowest BCUT2D eigenvalue weighted by Crippen LogP contribution is -2.46. The van der Waals surface area contributed by atoms with Crippen LogP contribution >= 0.6 is 0 Å². The first kappa shape index (κ1) is 17.4. The maximum Gasteiger partial charge on any atom is 0.338 e. The van der Waals surface area contributed by atoms with Gasteiger partial charge in [-0.1, -0.05) is 13.0 Å². The molecule has 0 radical (unpaired) electrons. The topological polar surface area (TPSA) is 76.1 Å². The van der Waals surface area contributed by atoms with Crippen LogP contribution in [-0.4, -0.2) is 59.4 Å². The average Bonchev–Trinajstić information content (AvgIpc) is 3.12. The molecule has 0 spiro atoms. The number of esters is 2. The number of carbonyl (C=O) groups is 2. The fraction of sp³-hybridized carbons (Fsp3) is 0.778. The van der Waals surface area contributed by atoms with Gasteiger partial charge in [0.2, 0.25) is 0 Å². The van der Waals surface area contributed by atoms with Gasteiger partial charge in [-0.2, -0.15) is 0 Å². The van der Waals surface area contributed by atoms with E-state index in [0.29, 0.717) is 5.57 Å². The molecule has 3 saturated heterocycles. The third-order valence-electron chi connectivity index (χ3n) is 5.97. The molecule has 0 aromatic carbocycles. The summed E-state index contributed by atoms with van der Waals surface area (Å²) in [6.07, 6.45) is 3.59. The van der Waals surface area contributed by atoms with Crippen LogP contribution in [0.3, 0.4) is 0 Å². The summed E-state index contributed by atoms with van der Waals surface area (Å²) in [5.74, 6) is -1.23. The standard InChI is InChI=1S/C18H27NO5/c1-4-12-9-11(2)18(3,22)17(21)23-10-13-5-7-19-8-6-14(15(13)19)24-16(12)20/h4,11,13-15,22H,5-10H2,1-3H3/b12-4+/t11-,13-,14-,15+,18-/m0/s1. The number of rotatable bonds is 0. The van der Waals surface area contributed by atoms with Crippen LogP contribution in [0.25, 0.3) is 0 Å². The van der Waals surface area contributed by atoms with Gasteiger partial charge in [0.05, 0.1) is 12.6 Å². The van der Waals surface area contributed by atoms with Crippen molar-refractivity contribution in [2.75, 3.05) is 19.7 Å². The molecule has 3 fully saturated rings. The zero-order valence-electron chi connectivity index (χ0n) is 14.7. The highest BCUT2D eigenvalue weighted by molar-refractivity contribution is 5.89. The number of hydrogen-bond donors (Lipinski definition) is 1. The first-order chi connectivity index (χ1) is 11.3. The third kappa shape index (κ3) is 2.97. The van der Waals surface area contributed by atoms with Crippen molar-refractivity contribution in [2.45, 2.75) is 57.8 Å². The van der Waals surface area contributed by atoms with Crippen molar-refractivity contribution in [2.24, 2.45) is 11.8 Å². The van der Waals surface area contributed by atoms with Crippen molar-refractivity contribution < 1.29 is 24.2 Å². The van der Waals surface area contributed by atoms with Crippen LogP contribution in [0.4, 0.5) is 0 Å². The second-order valence-electron chi connectivity index (χ2n) is 7.47. The smallest absolute Gasteiger partial charge is 0.338 e. The highest BCUT2D eigenvalue weighted by atomic mass is 16.6. The Labute approximate surface area is 142 Å². The van der Waals surface area contributed by atoms with E-state index in [4.69, 9.17) is 9.47 Å². The van der Waals surface area contributed by atoms with E-state index in [1.807, 2.05) is 0 Å². The van der Waals surface area contributed by atoms with Crippen LogP contribution in [0.2, 0.25) is 0 Å². The highest BCUT2D eigenvalue weighted by Gasteiger charge is 2.48. The van der Waals surface area contributed by atoms with Crippen LogP contribution in [-0.2, 0) is 19.1 Å². The molecule has 3 aliphatic rings. The zero-order valence-corrected chi connectivity index (χ0v) is 14.7. The predicted octanol–water partition coefficient (Wildman–Crippen LogP) is 1.27. The van der Waals surface area contributed by atoms with Crippen molar-refractivity contribution in [3.63, 3.8) is 0 Å². The Bertz CT molecular complexity index is 556. The summed E-state index contributed by atoms with van der Waals surface area (Å²) in [6.45, 7) is 7.11. The summed E-state index contributed by atoms with van der Waals surface area (Å²) in [5.41, 5.74) is -1.12. The number of allylic oxidation sites excluding steroid dienone is 1. The van der Waals surface area contributed by atoms with Crippen LogP contribution in [0.1, 0.15) is 40.0 Å². The second kappa shape index (κ2) is 6.48. The molecule has 3 heterocycles. The Morgan fingerprint density at radius 3 is 2.71 bits per heavy atom. The van der Waals surface area contributed by atoms with Gasteiger partial charge in [0.25, 0.3) is 0 Å². The van der Waals surface area contributed by atoms with Crippen LogP contribution in [0.15, 0.2) is 11.6 Å². The molecule has 0 bridgehead atoms. The number of nitrogens with zero attached hydrogens (tertiary/aromatic N) is 1. The minimum absolute atomic E-state index is 0.113. The number of cyclic esters (lactones) is 1. The van der Waals surface area contributed by atoms with Crippen LogP contribution in [0.5, 0.6) is 0 Å². The van der Waals surface area contributed by atoms with Gasteiger partial charge in [-0.3, -0.25) is 4.90 Å². The number of hydrogen-bond acceptors (Lipinski definition) is 6. The van der Waals surface area contributed by atoms with Crippen molar-refractivity contribution in [3.05, 3.63) is 11.6 Å². The normalized spacial score (nSPS) is 42.9. The minimum atomic E-state index is -1.62. The van der Waals surface area contributed by atoms with Gasteiger partial charge in [0.1, 0.15) is 6.10 Å². The molecular formula is C18H27NO5. The Balaban J connectivity index is 1.89. The summed E-state index contributed by atoms with van der Waals surface area (Å²) in [5, 5.41) is 10.6. The van der Waals surface area contributed by atoms with E-state index in [1.54, 1.807) is 19.9 Å². The van der Waals surface area contributed by atoms with E-state index in [2.05, 4.69) is 4.90 Å². The van der Waals surface area contributed by atoms with E-state index in [9.17, 15) is 14.7 Å². The van der Waals surface area contributed by atoms with Gasteiger partial charge < -0.3 is 14.6 Å². The summed E-state index contributed by atoms with van der Waals surface area (Å²) >= 11 is 0. The average molecular weight is 337 g/mol. The van der Waals surface area contributed by atoms with Crippen molar-refractivity contribution >= 4 is 11.9 Å². The van der Waals surface area contributed by atoms with Gasteiger partial charge in [0, 0.05) is 18.0 Å². The van der Waals surface area contributed by atoms with Crippen molar-refractivity contribution in [1.82, 2.24) is 4.90 Å². The Hall–Kier alpha value is -1.40. The first-order valence-corrected chi connectivity index (χ1v) is 8.84. The third-order valence-corrected chi connectivity index (χ3v) is 5.97. The zero-order chi connectivity index (χ0) is 17.5. The van der Waals surface area contributed by atoms with E-state index < -0.39 is 17.5 Å². The van der Waals surface area contributed by atoms with Gasteiger partial charge >= 0.3 is 11.9 Å². The summed E-state index contributed by atoms with van der Waals surface area (Å²) in [7, 11) is 0. The van der Waals surface area contributed by atoms with Gasteiger partial charge in [0.15, 0.2) is 5.60 Å². The molecule has 6 nitrogen and oxygen atoms in total. The van der Waals surface area contributed by atoms with E-state index in [1.165, 1.54) is 6.92 Å². The molecule has 134 valence electrons. The molecule has 0 aromatic rings. The monoisotopic (exact) mass is 337 g/mol. The van der Waals surface area contributed by atoms with Gasteiger partial charge in [-0.25, -0.2) is 9.59 Å². The van der Waals surface area contributed by atoms with E-state index in [-0.39, 0.29) is 37.1 Å². The lowest BCUT2D eigenvalue weighted by atomic mass is 9.85. The SMILES string of the molecule is C/C=C1\C[C@H](C)[C@](C)(O)C(=O)OC[C@@H]2CCN3CC[C@H](OC1=O)[C@@H]23. The summed E-state index contributed by atoms with van der Waals surface area (Å²) < 4.78 is 11.3. The molecule has 0 aliphatic carbocycles. The van der Waals surface area contributed by atoms with Gasteiger partial charge in [-0.05, 0) is 45.6 Å². The molecule has 5 atom stereocenters. The molecule has 3 rings (SSSR count). The summed E-state index contributed by atoms with van der Waals surface area (Å²) in [6, 6.07) is 0.113. The molecule has 6 heteroatoms. The van der Waals surface area contributed by atoms with Crippen LogP contribution < -0.4 is 0 Å². The van der Waals surface area contributed by atoms with E-state index >= 15 is 0 Å². The molecule has 0 unspecified atom stereocenters. The fourth-order valence-corrected chi connectivity index (χ4v) is 4.11. The predicted molar refractivity (Wildman–Crippen MR) is 87.1 cm³/mol. The molecule has 24 heavy (non-hydrogen) atoms. The quantitative estimate of drug-likeness (QED) is 0.530. The molecule has 0 amide bonds. The van der Waals surface area contributed by atoms with Crippen molar-refractivity contribution in [3.8, 4) is 0 Å². The van der Waals surface area contributed by atoms with Crippen LogP contribution in [0, 0.1) is 11.8 Å². The fourth-order valence-electron chi connectivity index (χ4n) is 4.11. The first-order valence-electron chi connectivity index (χ1n) is 8.84. The number of ether oxygens (including phenoxy) is 2. The lowest BCUT2D eigenvalue weighted by Gasteiger charge is -2.32. The summed E-state index contributed by atoms with van der Waals surface area (Å²) in [4.78, 5) is 27.3. The molecule has 3 aliphatic heterocycles. The molecular weight excluding hydrogens is 310 g/mol. The number of carbonyl (C=O) groups excluding carboxylic acids is 2. The Kier molecular flexibility index (Phi) is 4.71. The largest absolute Gasteiger partial charge is 0.463 e. The Morgan fingerprint density at radius 2 is 2.00 bits per heavy atom. The maximum atomic E-state index is 12.6. The number of aliphatic hydroxyl groups is 1. The lowest BCUT2D eigenvalue weighted by molar-refractivity contribution is -0.172. The van der Waals surface area contributed by atoms with Crippen molar-refractivity contribution in [1.29, 1.82) is 0 Å². The molecule has 1 N–H and O–H groups in total. The molecule has 0 saturated carbocycles. The minimum Gasteiger partial charge on any atom is -0.463 e. The maximum absolute atomic E-state index is 12.6.